The average Bonchev–Trinajstić information content (AvgIpc) is 2.52. The quantitative estimate of drug-likeness (QED) is 0.709. The summed E-state index contributed by atoms with van der Waals surface area (Å²) in [5.74, 6) is 0. The van der Waals surface area contributed by atoms with E-state index in [-0.39, 0.29) is 0 Å². The van der Waals surface area contributed by atoms with Gasteiger partial charge in [-0.25, -0.2) is 0 Å². The molecule has 4 heteroatoms. The second-order valence-corrected chi connectivity index (χ2v) is 6.58. The Balaban J connectivity index is 1.87. The second kappa shape index (κ2) is 8.65. The molecular weight excluding hydrogens is 302 g/mol. The summed E-state index contributed by atoms with van der Waals surface area (Å²) in [6.07, 6.45) is 1.03. The van der Waals surface area contributed by atoms with Gasteiger partial charge in [0.2, 0.25) is 0 Å². The Morgan fingerprint density at radius 2 is 1.83 bits per heavy atom. The molecule has 0 aliphatic heterocycles. The summed E-state index contributed by atoms with van der Waals surface area (Å²) in [6.45, 7) is 2.92. The molecule has 3 nitrogen and oxygen atoms in total. The first-order valence-electron chi connectivity index (χ1n) is 8.00. The second-order valence-electron chi connectivity index (χ2n) is 6.17. The van der Waals surface area contributed by atoms with Gasteiger partial charge >= 0.3 is 0 Å². The van der Waals surface area contributed by atoms with E-state index in [1.54, 1.807) is 0 Å². The minimum Gasteiger partial charge on any atom is -0.356 e. The predicted octanol–water partition coefficient (Wildman–Crippen LogP) is 2.04. The molecule has 0 spiro atoms. The fourth-order valence-electron chi connectivity index (χ4n) is 2.49. The molecule has 0 radical (unpaired) electrons. The lowest BCUT2D eigenvalue weighted by atomic mass is 10.1. The molecule has 0 aromatic heterocycles. The lowest BCUT2D eigenvalue weighted by Gasteiger charge is -2.23. The third-order valence-electron chi connectivity index (χ3n) is 3.93. The van der Waals surface area contributed by atoms with Crippen LogP contribution in [0, 0.1) is 6.92 Å². The summed E-state index contributed by atoms with van der Waals surface area (Å²) in [7, 11) is 4.37. The highest BCUT2D eigenvalue weighted by Crippen LogP contribution is 2.09. The lowest BCUT2D eigenvalue weighted by molar-refractivity contribution is -0.884. The number of hydrogen-bond acceptors (Lipinski definition) is 1. The topological polar surface area (TPSA) is 28.5 Å². The van der Waals surface area contributed by atoms with Crippen molar-refractivity contribution >= 4 is 23.0 Å². The number of thiocarbonyl (C=S) groups is 1. The molecule has 0 aliphatic carbocycles. The van der Waals surface area contributed by atoms with Gasteiger partial charge in [-0.1, -0.05) is 42.5 Å². The highest BCUT2D eigenvalue weighted by Gasteiger charge is 2.16. The first-order chi connectivity index (χ1) is 11.0. The molecule has 2 aromatic carbocycles. The summed E-state index contributed by atoms with van der Waals surface area (Å²) >= 11 is 5.42. The van der Waals surface area contributed by atoms with Gasteiger partial charge in [-0.3, -0.25) is 0 Å². The molecule has 2 rings (SSSR count). The van der Waals surface area contributed by atoms with Crippen molar-refractivity contribution in [3.8, 4) is 0 Å². The average molecular weight is 329 g/mol. The van der Waals surface area contributed by atoms with Gasteiger partial charge in [0, 0.05) is 12.1 Å². The number of anilines is 1. The van der Waals surface area contributed by atoms with Crippen molar-refractivity contribution in [2.45, 2.75) is 19.4 Å². The van der Waals surface area contributed by atoms with Gasteiger partial charge in [0.25, 0.3) is 0 Å². The Kier molecular flexibility index (Phi) is 6.56. The molecule has 1 atom stereocenters. The molecule has 0 unspecified atom stereocenters. The maximum Gasteiger partial charge on any atom is 0.170 e. The molecule has 3 N–H and O–H groups in total. The number of rotatable bonds is 6. The smallest absolute Gasteiger partial charge is 0.170 e. The zero-order chi connectivity index (χ0) is 16.7. The summed E-state index contributed by atoms with van der Waals surface area (Å²) in [5, 5.41) is 7.28. The van der Waals surface area contributed by atoms with E-state index in [4.69, 9.17) is 12.2 Å². The lowest BCUT2D eigenvalue weighted by Crippen LogP contribution is -3.11. The third kappa shape index (κ3) is 6.00. The number of likely N-dealkylation sites (N-methyl/N-ethyl adjacent to an activating group) is 1. The van der Waals surface area contributed by atoms with Gasteiger partial charge < -0.3 is 15.5 Å². The monoisotopic (exact) mass is 328 g/mol. The minimum atomic E-state index is 0.467. The van der Waals surface area contributed by atoms with E-state index in [0.29, 0.717) is 11.2 Å². The Labute approximate surface area is 144 Å². The summed E-state index contributed by atoms with van der Waals surface area (Å²) < 4.78 is 0. The van der Waals surface area contributed by atoms with Crippen LogP contribution in [0.4, 0.5) is 5.69 Å². The number of aryl methyl sites for hydroxylation is 1. The van der Waals surface area contributed by atoms with E-state index < -0.39 is 0 Å². The number of benzene rings is 2. The highest BCUT2D eigenvalue weighted by molar-refractivity contribution is 7.80. The number of quaternary nitrogens is 1. The molecule has 0 aliphatic rings. The van der Waals surface area contributed by atoms with Crippen LogP contribution in [-0.4, -0.2) is 31.8 Å². The van der Waals surface area contributed by atoms with Crippen LogP contribution in [-0.2, 0) is 6.42 Å². The molecule has 23 heavy (non-hydrogen) atoms. The fourth-order valence-corrected chi connectivity index (χ4v) is 2.69. The van der Waals surface area contributed by atoms with E-state index >= 15 is 0 Å². The van der Waals surface area contributed by atoms with Crippen LogP contribution in [0.5, 0.6) is 0 Å². The fraction of sp³-hybridized carbons (Fsp3) is 0.316. The van der Waals surface area contributed by atoms with Crippen LogP contribution in [0.1, 0.15) is 11.1 Å². The predicted molar refractivity (Wildman–Crippen MR) is 102 cm³/mol. The van der Waals surface area contributed by atoms with Crippen molar-refractivity contribution in [2.75, 3.05) is 26.0 Å². The SMILES string of the molecule is Cc1cccc(NC(=S)NC[C@@H](Cc2ccccc2)[NH+](C)C)c1. The van der Waals surface area contributed by atoms with E-state index in [9.17, 15) is 0 Å². The molecule has 0 fully saturated rings. The molecule has 0 bridgehead atoms. The van der Waals surface area contributed by atoms with E-state index in [2.05, 4.69) is 74.1 Å². The zero-order valence-electron chi connectivity index (χ0n) is 14.1. The van der Waals surface area contributed by atoms with Crippen molar-refractivity contribution in [1.82, 2.24) is 5.32 Å². The van der Waals surface area contributed by atoms with Crippen LogP contribution in [0.25, 0.3) is 0 Å². The molecular formula is C19H26N3S+. The Morgan fingerprint density at radius 1 is 1.09 bits per heavy atom. The maximum atomic E-state index is 5.42. The van der Waals surface area contributed by atoms with E-state index in [1.807, 2.05) is 12.1 Å². The largest absolute Gasteiger partial charge is 0.356 e. The van der Waals surface area contributed by atoms with E-state index in [0.717, 1.165) is 18.7 Å². The standard InChI is InChI=1S/C19H25N3S/c1-15-8-7-11-17(12-15)21-19(23)20-14-18(22(2)3)13-16-9-5-4-6-10-16/h4-12,18H,13-14H2,1-3H3,(H2,20,21,23)/p+1/t18-/m1/s1. The molecule has 0 amide bonds. The Bertz CT molecular complexity index is 626. The summed E-state index contributed by atoms with van der Waals surface area (Å²) in [4.78, 5) is 1.42. The molecule has 0 saturated heterocycles. The van der Waals surface area contributed by atoms with Crippen molar-refractivity contribution in [1.29, 1.82) is 0 Å². The van der Waals surface area contributed by atoms with Gasteiger partial charge in [0.15, 0.2) is 5.11 Å². The zero-order valence-corrected chi connectivity index (χ0v) is 14.9. The normalized spacial score (nSPS) is 12.0. The summed E-state index contributed by atoms with van der Waals surface area (Å²) in [6, 6.07) is 19.3. The first-order valence-corrected chi connectivity index (χ1v) is 8.41. The van der Waals surface area contributed by atoms with Gasteiger partial charge in [-0.05, 0) is 42.4 Å². The number of nitrogens with one attached hydrogen (secondary N) is 3. The molecule has 0 saturated carbocycles. The van der Waals surface area contributed by atoms with Crippen molar-refractivity contribution in [2.24, 2.45) is 0 Å². The van der Waals surface area contributed by atoms with Crippen molar-refractivity contribution < 1.29 is 4.90 Å². The Hall–Kier alpha value is -1.91. The molecule has 122 valence electrons. The van der Waals surface area contributed by atoms with E-state index in [1.165, 1.54) is 16.0 Å². The number of hydrogen-bond donors (Lipinski definition) is 3. The minimum absolute atomic E-state index is 0.467. The maximum absolute atomic E-state index is 5.42. The van der Waals surface area contributed by atoms with Crippen LogP contribution in [0.15, 0.2) is 54.6 Å². The van der Waals surface area contributed by atoms with Crippen molar-refractivity contribution in [3.63, 3.8) is 0 Å². The van der Waals surface area contributed by atoms with Crippen LogP contribution >= 0.6 is 12.2 Å². The van der Waals surface area contributed by atoms with Gasteiger partial charge in [0.1, 0.15) is 6.04 Å². The highest BCUT2D eigenvalue weighted by atomic mass is 32.1. The van der Waals surface area contributed by atoms with Crippen LogP contribution in [0.3, 0.4) is 0 Å². The van der Waals surface area contributed by atoms with Gasteiger partial charge in [-0.15, -0.1) is 0 Å². The van der Waals surface area contributed by atoms with Crippen LogP contribution in [0.2, 0.25) is 0 Å². The third-order valence-corrected chi connectivity index (χ3v) is 4.17. The van der Waals surface area contributed by atoms with Crippen molar-refractivity contribution in [3.05, 3.63) is 65.7 Å². The van der Waals surface area contributed by atoms with Gasteiger partial charge in [0.05, 0.1) is 20.6 Å². The van der Waals surface area contributed by atoms with Crippen LogP contribution < -0.4 is 15.5 Å². The first kappa shape index (κ1) is 17.4. The summed E-state index contributed by atoms with van der Waals surface area (Å²) in [5.41, 5.74) is 3.61. The Morgan fingerprint density at radius 3 is 2.48 bits per heavy atom. The molecule has 0 heterocycles. The molecule has 2 aromatic rings. The van der Waals surface area contributed by atoms with Gasteiger partial charge in [-0.2, -0.15) is 0 Å².